The van der Waals surface area contributed by atoms with Crippen molar-refractivity contribution in [2.24, 2.45) is 0 Å². The molecule has 0 spiro atoms. The van der Waals surface area contributed by atoms with E-state index in [1.165, 1.54) is 12.1 Å². The number of rotatable bonds is 6. The van der Waals surface area contributed by atoms with Crippen LogP contribution in [0.5, 0.6) is 0 Å². The third kappa shape index (κ3) is 5.27. The van der Waals surface area contributed by atoms with Crippen molar-refractivity contribution >= 4 is 41.3 Å². The molecule has 108 valence electrons. The number of amides is 1. The number of carbonyl (C=O) groups excluding carboxylic acids is 1. The molecule has 1 atom stereocenters. The maximum absolute atomic E-state index is 12.0. The lowest BCUT2D eigenvalue weighted by Crippen LogP contribution is -2.34. The van der Waals surface area contributed by atoms with Crippen molar-refractivity contribution in [3.05, 3.63) is 40.4 Å². The van der Waals surface area contributed by atoms with Crippen LogP contribution in [-0.2, 0) is 4.79 Å². The summed E-state index contributed by atoms with van der Waals surface area (Å²) in [6, 6.07) is 4.84. The fourth-order valence-corrected chi connectivity index (χ4v) is 2.39. The summed E-state index contributed by atoms with van der Waals surface area (Å²) in [5.41, 5.74) is 1.01. The van der Waals surface area contributed by atoms with Crippen LogP contribution in [-0.4, -0.2) is 35.0 Å². The largest absolute Gasteiger partial charge is 0.478 e. The highest BCUT2D eigenvalue weighted by atomic mass is 35.5. The van der Waals surface area contributed by atoms with E-state index in [1.54, 1.807) is 23.9 Å². The van der Waals surface area contributed by atoms with E-state index in [4.69, 9.17) is 16.7 Å². The monoisotopic (exact) mass is 313 g/mol. The lowest BCUT2D eigenvalue weighted by molar-refractivity contribution is -0.131. The lowest BCUT2D eigenvalue weighted by Gasteiger charge is -2.12. The van der Waals surface area contributed by atoms with Gasteiger partial charge in [0, 0.05) is 28.5 Å². The second-order valence-electron chi connectivity index (χ2n) is 4.24. The molecule has 0 aliphatic carbocycles. The Balaban J connectivity index is 2.81. The molecule has 0 saturated carbocycles. The van der Waals surface area contributed by atoms with Crippen LogP contribution in [0.1, 0.15) is 22.8 Å². The molecule has 0 aliphatic heterocycles. The third-order valence-electron chi connectivity index (χ3n) is 2.46. The van der Waals surface area contributed by atoms with Gasteiger partial charge in [-0.25, -0.2) is 4.79 Å². The van der Waals surface area contributed by atoms with Crippen LogP contribution in [0.2, 0.25) is 5.02 Å². The van der Waals surface area contributed by atoms with E-state index in [9.17, 15) is 9.59 Å². The highest BCUT2D eigenvalue weighted by Gasteiger charge is 2.10. The van der Waals surface area contributed by atoms with Crippen molar-refractivity contribution < 1.29 is 14.7 Å². The van der Waals surface area contributed by atoms with E-state index < -0.39 is 5.97 Å². The number of hydrogen-bond acceptors (Lipinski definition) is 3. The van der Waals surface area contributed by atoms with E-state index in [0.717, 1.165) is 11.8 Å². The first kappa shape index (κ1) is 16.6. The Labute approximate surface area is 127 Å². The Morgan fingerprint density at radius 3 is 2.75 bits per heavy atom. The number of halogens is 1. The highest BCUT2D eigenvalue weighted by Crippen LogP contribution is 2.19. The number of hydrogen-bond donors (Lipinski definition) is 2. The van der Waals surface area contributed by atoms with E-state index in [2.05, 4.69) is 5.32 Å². The molecule has 1 aromatic carbocycles. The third-order valence-corrected chi connectivity index (χ3v) is 3.62. The Morgan fingerprint density at radius 2 is 2.20 bits per heavy atom. The molecule has 6 heteroatoms. The number of nitrogens with one attached hydrogen (secondary N) is 1. The normalized spacial score (nSPS) is 12.3. The van der Waals surface area contributed by atoms with E-state index >= 15 is 0 Å². The van der Waals surface area contributed by atoms with Gasteiger partial charge < -0.3 is 10.4 Å². The summed E-state index contributed by atoms with van der Waals surface area (Å²) >= 11 is 7.68. The SMILES string of the molecule is CSCC(C)NC(=O)c1ccc(/C=C/C(=O)O)c(Cl)c1. The van der Waals surface area contributed by atoms with E-state index in [-0.39, 0.29) is 11.9 Å². The van der Waals surface area contributed by atoms with Gasteiger partial charge in [-0.3, -0.25) is 4.79 Å². The Kier molecular flexibility index (Phi) is 6.61. The van der Waals surface area contributed by atoms with Crippen LogP contribution in [0.25, 0.3) is 6.08 Å². The standard InChI is InChI=1S/C14H16ClNO3S/c1-9(8-20-2)16-14(19)11-4-3-10(12(15)7-11)5-6-13(17)18/h3-7,9H,8H2,1-2H3,(H,16,19)(H,17,18)/b6-5+. The quantitative estimate of drug-likeness (QED) is 0.792. The number of carboxylic acids is 1. The second kappa shape index (κ2) is 7.97. The molecule has 4 nitrogen and oxygen atoms in total. The lowest BCUT2D eigenvalue weighted by atomic mass is 10.1. The second-order valence-corrected chi connectivity index (χ2v) is 5.56. The van der Waals surface area contributed by atoms with Gasteiger partial charge in [0.25, 0.3) is 5.91 Å². The van der Waals surface area contributed by atoms with Crippen molar-refractivity contribution in [2.75, 3.05) is 12.0 Å². The predicted molar refractivity (Wildman–Crippen MR) is 83.4 cm³/mol. The van der Waals surface area contributed by atoms with Gasteiger partial charge in [0.05, 0.1) is 0 Å². The van der Waals surface area contributed by atoms with Crippen LogP contribution < -0.4 is 5.32 Å². The fraction of sp³-hybridized carbons (Fsp3) is 0.286. The molecule has 0 aliphatic rings. The predicted octanol–water partition coefficient (Wildman–Crippen LogP) is 2.92. The summed E-state index contributed by atoms with van der Waals surface area (Å²) in [6.07, 6.45) is 4.37. The number of aliphatic carboxylic acids is 1. The molecule has 0 heterocycles. The van der Waals surface area contributed by atoms with Crippen LogP contribution in [0.3, 0.4) is 0 Å². The summed E-state index contributed by atoms with van der Waals surface area (Å²) in [6.45, 7) is 1.93. The maximum atomic E-state index is 12.0. The zero-order chi connectivity index (χ0) is 15.1. The van der Waals surface area contributed by atoms with Crippen molar-refractivity contribution in [1.82, 2.24) is 5.32 Å². The molecule has 1 aromatic rings. The van der Waals surface area contributed by atoms with Gasteiger partial charge in [0.1, 0.15) is 0 Å². The highest BCUT2D eigenvalue weighted by molar-refractivity contribution is 7.98. The minimum absolute atomic E-state index is 0.0721. The molecule has 1 amide bonds. The van der Waals surface area contributed by atoms with Gasteiger partial charge in [-0.2, -0.15) is 11.8 Å². The minimum Gasteiger partial charge on any atom is -0.478 e. The van der Waals surface area contributed by atoms with Gasteiger partial charge in [-0.05, 0) is 37.0 Å². The summed E-state index contributed by atoms with van der Waals surface area (Å²) in [5.74, 6) is -0.408. The molecule has 0 aromatic heterocycles. The smallest absolute Gasteiger partial charge is 0.328 e. The number of benzene rings is 1. The van der Waals surface area contributed by atoms with Crippen LogP contribution in [0, 0.1) is 0 Å². The molecule has 1 unspecified atom stereocenters. The molecular formula is C14H16ClNO3S. The van der Waals surface area contributed by atoms with Gasteiger partial charge in [0.15, 0.2) is 0 Å². The Hall–Kier alpha value is -1.46. The average Bonchev–Trinajstić information content (AvgIpc) is 2.37. The summed E-state index contributed by atoms with van der Waals surface area (Å²) < 4.78 is 0. The Morgan fingerprint density at radius 1 is 1.50 bits per heavy atom. The first-order chi connectivity index (χ1) is 9.43. The van der Waals surface area contributed by atoms with Crippen molar-refractivity contribution in [1.29, 1.82) is 0 Å². The van der Waals surface area contributed by atoms with Crippen LogP contribution in [0.4, 0.5) is 0 Å². The van der Waals surface area contributed by atoms with Crippen molar-refractivity contribution in [3.8, 4) is 0 Å². The average molecular weight is 314 g/mol. The summed E-state index contributed by atoms with van der Waals surface area (Å²) in [4.78, 5) is 22.4. The van der Waals surface area contributed by atoms with E-state index in [1.807, 2.05) is 13.2 Å². The minimum atomic E-state index is -1.05. The van der Waals surface area contributed by atoms with Crippen molar-refractivity contribution in [2.45, 2.75) is 13.0 Å². The molecular weight excluding hydrogens is 298 g/mol. The zero-order valence-electron chi connectivity index (χ0n) is 11.2. The maximum Gasteiger partial charge on any atom is 0.328 e. The number of thioether (sulfide) groups is 1. The molecule has 2 N–H and O–H groups in total. The number of carboxylic acid groups (broad SMARTS) is 1. The summed E-state index contributed by atoms with van der Waals surface area (Å²) in [7, 11) is 0. The summed E-state index contributed by atoms with van der Waals surface area (Å²) in [5, 5.41) is 11.8. The van der Waals surface area contributed by atoms with Gasteiger partial charge in [-0.1, -0.05) is 17.7 Å². The zero-order valence-corrected chi connectivity index (χ0v) is 12.8. The molecule has 0 saturated heterocycles. The van der Waals surface area contributed by atoms with Crippen LogP contribution >= 0.6 is 23.4 Å². The molecule has 20 heavy (non-hydrogen) atoms. The molecule has 1 rings (SSSR count). The molecule has 0 radical (unpaired) electrons. The van der Waals surface area contributed by atoms with Crippen LogP contribution in [0.15, 0.2) is 24.3 Å². The Bertz CT molecular complexity index is 531. The molecule has 0 fully saturated rings. The topological polar surface area (TPSA) is 66.4 Å². The van der Waals surface area contributed by atoms with Gasteiger partial charge in [0.2, 0.25) is 0 Å². The van der Waals surface area contributed by atoms with E-state index in [0.29, 0.717) is 16.1 Å². The fourth-order valence-electron chi connectivity index (χ4n) is 1.56. The molecule has 0 bridgehead atoms. The van der Waals surface area contributed by atoms with Crippen molar-refractivity contribution in [3.63, 3.8) is 0 Å². The first-order valence-electron chi connectivity index (χ1n) is 5.94. The number of carbonyl (C=O) groups is 2. The first-order valence-corrected chi connectivity index (χ1v) is 7.71. The van der Waals surface area contributed by atoms with Gasteiger partial charge in [-0.15, -0.1) is 0 Å². The van der Waals surface area contributed by atoms with Gasteiger partial charge >= 0.3 is 5.97 Å².